The van der Waals surface area contributed by atoms with Gasteiger partial charge in [-0.25, -0.2) is 4.98 Å². The molecule has 0 saturated heterocycles. The molecule has 5 rings (SSSR count). The van der Waals surface area contributed by atoms with Gasteiger partial charge in [-0.3, -0.25) is 18.8 Å². The van der Waals surface area contributed by atoms with Crippen molar-refractivity contribution >= 4 is 16.8 Å². The lowest BCUT2D eigenvalue weighted by Crippen LogP contribution is -2.35. The first-order chi connectivity index (χ1) is 15.0. The molecule has 3 aromatic rings. The van der Waals surface area contributed by atoms with Gasteiger partial charge in [0.15, 0.2) is 11.5 Å². The van der Waals surface area contributed by atoms with Crippen LogP contribution >= 0.6 is 0 Å². The first kappa shape index (κ1) is 19.6. The third-order valence-corrected chi connectivity index (χ3v) is 6.14. The van der Waals surface area contributed by atoms with Gasteiger partial charge in [0.05, 0.1) is 30.8 Å². The molecule has 1 aromatic carbocycles. The lowest BCUT2D eigenvalue weighted by Gasteiger charge is -2.19. The average molecular weight is 423 g/mol. The van der Waals surface area contributed by atoms with E-state index in [0.29, 0.717) is 65.9 Å². The van der Waals surface area contributed by atoms with Crippen molar-refractivity contribution in [2.24, 2.45) is 7.05 Å². The molecule has 1 aliphatic heterocycles. The van der Waals surface area contributed by atoms with E-state index in [-0.39, 0.29) is 11.5 Å². The maximum absolute atomic E-state index is 13.2. The largest absolute Gasteiger partial charge is 0.493 e. The van der Waals surface area contributed by atoms with Crippen molar-refractivity contribution in [3.8, 4) is 11.5 Å². The van der Waals surface area contributed by atoms with Gasteiger partial charge in [0, 0.05) is 45.1 Å². The lowest BCUT2D eigenvalue weighted by molar-refractivity contribution is 0.0748. The van der Waals surface area contributed by atoms with Crippen LogP contribution in [0.15, 0.2) is 23.0 Å². The van der Waals surface area contributed by atoms with Crippen LogP contribution < -0.4 is 15.0 Å². The quantitative estimate of drug-likeness (QED) is 0.635. The number of methoxy groups -OCH3 is 2. The highest BCUT2D eigenvalue weighted by atomic mass is 16.5. The number of hydrogen-bond donors (Lipinski definition) is 0. The molecule has 1 amide bonds. The van der Waals surface area contributed by atoms with Gasteiger partial charge in [0.2, 0.25) is 0 Å². The normalized spacial score (nSPS) is 16.2. The second kappa shape index (κ2) is 7.40. The highest BCUT2D eigenvalue weighted by Crippen LogP contribution is 2.39. The zero-order chi connectivity index (χ0) is 21.7. The smallest absolute Gasteiger partial charge is 0.272 e. The van der Waals surface area contributed by atoms with Crippen molar-refractivity contribution in [3.05, 3.63) is 45.8 Å². The highest BCUT2D eigenvalue weighted by molar-refractivity contribution is 5.92. The van der Waals surface area contributed by atoms with Gasteiger partial charge in [0.1, 0.15) is 11.5 Å². The van der Waals surface area contributed by atoms with Gasteiger partial charge >= 0.3 is 0 Å². The Labute approximate surface area is 179 Å². The van der Waals surface area contributed by atoms with E-state index in [9.17, 15) is 9.59 Å². The summed E-state index contributed by atoms with van der Waals surface area (Å²) in [4.78, 5) is 32.9. The summed E-state index contributed by atoms with van der Waals surface area (Å²) in [5.74, 6) is 2.12. The number of carbonyl (C=O) groups excluding carboxylic acids is 1. The van der Waals surface area contributed by atoms with E-state index in [1.807, 2.05) is 13.1 Å². The number of amides is 1. The summed E-state index contributed by atoms with van der Waals surface area (Å²) in [6.07, 6.45) is 2.78. The molecule has 9 nitrogen and oxygen atoms in total. The molecule has 1 fully saturated rings. The fraction of sp³-hybridized carbons (Fsp3) is 0.455. The van der Waals surface area contributed by atoms with Gasteiger partial charge in [-0.2, -0.15) is 5.10 Å². The van der Waals surface area contributed by atoms with E-state index in [2.05, 4.69) is 5.10 Å². The van der Waals surface area contributed by atoms with Crippen LogP contribution in [-0.2, 0) is 20.0 Å². The molecule has 31 heavy (non-hydrogen) atoms. The molecule has 0 radical (unpaired) electrons. The molecule has 0 atom stereocenters. The molecule has 1 saturated carbocycles. The summed E-state index contributed by atoms with van der Waals surface area (Å²) in [7, 11) is 4.90. The van der Waals surface area contributed by atoms with Crippen LogP contribution in [0.4, 0.5) is 0 Å². The number of nitrogens with zero attached hydrogens (tertiary/aromatic N) is 5. The van der Waals surface area contributed by atoms with Crippen molar-refractivity contribution in [1.29, 1.82) is 0 Å². The number of rotatable bonds is 4. The van der Waals surface area contributed by atoms with E-state index >= 15 is 0 Å². The highest BCUT2D eigenvalue weighted by Gasteiger charge is 2.30. The predicted molar refractivity (Wildman–Crippen MR) is 114 cm³/mol. The van der Waals surface area contributed by atoms with Crippen LogP contribution in [0.25, 0.3) is 10.9 Å². The average Bonchev–Trinajstić information content (AvgIpc) is 3.58. The van der Waals surface area contributed by atoms with Crippen LogP contribution in [-0.4, -0.2) is 57.4 Å². The molecule has 2 aromatic heterocycles. The summed E-state index contributed by atoms with van der Waals surface area (Å²) in [5.41, 5.74) is 2.02. The molecular formula is C22H25N5O4. The molecule has 0 unspecified atom stereocenters. The number of fused-ring (bicyclic) bond motifs is 2. The van der Waals surface area contributed by atoms with Gasteiger partial charge in [-0.15, -0.1) is 0 Å². The minimum absolute atomic E-state index is 0.0596. The maximum Gasteiger partial charge on any atom is 0.272 e. The van der Waals surface area contributed by atoms with E-state index < -0.39 is 0 Å². The Balaban J connectivity index is 1.46. The number of aryl methyl sites for hydroxylation is 1. The molecule has 0 spiro atoms. The molecule has 162 valence electrons. The monoisotopic (exact) mass is 423 g/mol. The molecular weight excluding hydrogens is 398 g/mol. The Morgan fingerprint density at radius 1 is 1.06 bits per heavy atom. The van der Waals surface area contributed by atoms with Crippen LogP contribution in [0.3, 0.4) is 0 Å². The lowest BCUT2D eigenvalue weighted by atomic mass is 10.2. The Kier molecular flexibility index (Phi) is 4.68. The first-order valence-corrected chi connectivity index (χ1v) is 10.5. The van der Waals surface area contributed by atoms with Gasteiger partial charge < -0.3 is 14.4 Å². The van der Waals surface area contributed by atoms with Crippen molar-refractivity contribution in [3.63, 3.8) is 0 Å². The van der Waals surface area contributed by atoms with Gasteiger partial charge in [-0.05, 0) is 25.0 Å². The summed E-state index contributed by atoms with van der Waals surface area (Å²) in [5, 5.41) is 4.99. The standard InChI is InChI=1S/C22H25N5O4/c1-25-17(11-15(24-25)13-4-5-13)22(29)26-7-6-20-23-16-12-19(31-3)18(30-2)10-14(16)21(28)27(20)9-8-26/h10-13H,4-9H2,1-3H3. The SMILES string of the molecule is COc1cc2nc3n(c(=O)c2cc1OC)CCN(C(=O)c1cc(C2CC2)nn1C)CC3. The number of carbonyl (C=O) groups is 1. The molecule has 3 heterocycles. The van der Waals surface area contributed by atoms with Gasteiger partial charge in [0.25, 0.3) is 11.5 Å². The molecule has 2 aliphatic rings. The molecule has 0 N–H and O–H groups in total. The van der Waals surface area contributed by atoms with Crippen molar-refractivity contribution < 1.29 is 14.3 Å². The number of benzene rings is 1. The Morgan fingerprint density at radius 3 is 2.52 bits per heavy atom. The maximum atomic E-state index is 13.2. The number of aromatic nitrogens is 4. The van der Waals surface area contributed by atoms with Gasteiger partial charge in [-0.1, -0.05) is 0 Å². The van der Waals surface area contributed by atoms with E-state index in [4.69, 9.17) is 14.5 Å². The van der Waals surface area contributed by atoms with Crippen LogP contribution in [0.1, 0.15) is 40.8 Å². The van der Waals surface area contributed by atoms with E-state index in [0.717, 1.165) is 18.5 Å². The van der Waals surface area contributed by atoms with Crippen LogP contribution in [0.2, 0.25) is 0 Å². The fourth-order valence-corrected chi connectivity index (χ4v) is 4.22. The second-order valence-corrected chi connectivity index (χ2v) is 8.10. The first-order valence-electron chi connectivity index (χ1n) is 10.5. The summed E-state index contributed by atoms with van der Waals surface area (Å²) in [6.45, 7) is 1.33. The number of ether oxygens (including phenoxy) is 2. The summed E-state index contributed by atoms with van der Waals surface area (Å²) < 4.78 is 14.0. The topological polar surface area (TPSA) is 91.5 Å². The summed E-state index contributed by atoms with van der Waals surface area (Å²) >= 11 is 0. The Hall–Kier alpha value is -3.36. The minimum atomic E-state index is -0.133. The summed E-state index contributed by atoms with van der Waals surface area (Å²) in [6, 6.07) is 5.30. The third kappa shape index (κ3) is 3.34. The molecule has 1 aliphatic carbocycles. The second-order valence-electron chi connectivity index (χ2n) is 8.10. The zero-order valence-electron chi connectivity index (χ0n) is 17.9. The number of hydrogen-bond acceptors (Lipinski definition) is 6. The zero-order valence-corrected chi connectivity index (χ0v) is 17.9. The predicted octanol–water partition coefficient (Wildman–Crippen LogP) is 1.72. The fourth-order valence-electron chi connectivity index (χ4n) is 4.22. The van der Waals surface area contributed by atoms with Crippen molar-refractivity contribution in [2.75, 3.05) is 27.3 Å². The molecule has 9 heteroatoms. The van der Waals surface area contributed by atoms with E-state index in [1.165, 1.54) is 7.11 Å². The van der Waals surface area contributed by atoms with Crippen molar-refractivity contribution in [1.82, 2.24) is 24.2 Å². The Morgan fingerprint density at radius 2 is 1.81 bits per heavy atom. The van der Waals surface area contributed by atoms with Crippen LogP contribution in [0, 0.1) is 0 Å². The third-order valence-electron chi connectivity index (χ3n) is 6.14. The van der Waals surface area contributed by atoms with E-state index in [1.54, 1.807) is 33.4 Å². The minimum Gasteiger partial charge on any atom is -0.493 e. The van der Waals surface area contributed by atoms with Crippen LogP contribution in [0.5, 0.6) is 11.5 Å². The van der Waals surface area contributed by atoms with Crippen molar-refractivity contribution in [2.45, 2.75) is 31.7 Å². The Bertz CT molecular complexity index is 1240. The molecule has 0 bridgehead atoms.